The Morgan fingerprint density at radius 3 is 2.84 bits per heavy atom. The van der Waals surface area contributed by atoms with Crippen molar-refractivity contribution < 1.29 is 65.7 Å². The van der Waals surface area contributed by atoms with Crippen LogP contribution in [0.2, 0.25) is 0 Å². The predicted octanol–water partition coefficient (Wildman–Crippen LogP) is -3.76. The maximum Gasteiger partial charge on any atom is 1.00 e. The van der Waals surface area contributed by atoms with E-state index >= 15 is 0 Å². The third kappa shape index (κ3) is 4.12. The molecule has 3 heterocycles. The topological polar surface area (TPSA) is 155 Å². The minimum Gasteiger partial charge on any atom is -0.724 e. The number of ether oxygens (including phenoxy) is 1. The van der Waals surface area contributed by atoms with Gasteiger partial charge in [0, 0.05) is 19.0 Å². The quantitative estimate of drug-likeness (QED) is 0.214. The molecule has 0 aliphatic carbocycles. The van der Waals surface area contributed by atoms with E-state index in [-0.39, 0.29) is 54.4 Å². The average molecular weight is 384 g/mol. The number of carbonyl (C=O) groups excluding carboxylic acids is 2. The summed E-state index contributed by atoms with van der Waals surface area (Å²) in [6.07, 6.45) is 0.386. The number of aromatic nitrogens is 2. The molecule has 0 unspecified atom stereocenters. The first-order valence-electron chi connectivity index (χ1n) is 7.04. The van der Waals surface area contributed by atoms with Crippen molar-refractivity contribution in [1.29, 1.82) is 0 Å². The molecule has 3 rings (SSSR count). The second-order valence-electron chi connectivity index (χ2n) is 5.18. The van der Waals surface area contributed by atoms with Crippen LogP contribution in [0.4, 0.5) is 4.79 Å². The van der Waals surface area contributed by atoms with E-state index in [1.165, 1.54) is 4.90 Å². The molecule has 132 valence electrons. The summed E-state index contributed by atoms with van der Waals surface area (Å²) >= 11 is 0. The Labute approximate surface area is 164 Å². The Balaban J connectivity index is 0.00000225. The van der Waals surface area contributed by atoms with Gasteiger partial charge in [-0.2, -0.15) is 14.3 Å². The molecule has 0 N–H and O–H groups in total. The van der Waals surface area contributed by atoms with Crippen molar-refractivity contribution in [3.05, 3.63) is 11.7 Å². The van der Waals surface area contributed by atoms with Crippen LogP contribution in [0.5, 0.6) is 0 Å². The first-order valence-corrected chi connectivity index (χ1v) is 8.37. The molecule has 14 heteroatoms. The van der Waals surface area contributed by atoms with E-state index in [1.807, 2.05) is 0 Å². The fraction of sp³-hybridized carbons (Fsp3) is 0.636. The van der Waals surface area contributed by atoms with Crippen molar-refractivity contribution in [3.8, 4) is 0 Å². The summed E-state index contributed by atoms with van der Waals surface area (Å²) in [5.41, 5.74) is 0. The Kier molecular flexibility index (Phi) is 6.06. The maximum absolute atomic E-state index is 12.0. The molecular weight excluding hydrogens is 371 g/mol. The molecule has 12 nitrogen and oxygen atoms in total. The fourth-order valence-corrected chi connectivity index (χ4v) is 3.14. The van der Waals surface area contributed by atoms with Gasteiger partial charge >= 0.3 is 47.4 Å². The molecule has 2 fully saturated rings. The molecule has 0 saturated carbocycles. The smallest absolute Gasteiger partial charge is 0.724 e. The number of rotatable bonds is 5. The van der Waals surface area contributed by atoms with Gasteiger partial charge in [-0.3, -0.25) is 0 Å². The number of hydrogen-bond acceptors (Lipinski definition) is 10. The normalized spacial score (nSPS) is 22.7. The standard InChI is InChI=1S/C11H14N4O8S.Na/c1-2-21-10(16)9-12-8(13-22-9)6-3-4-14-5-7(6)15(11(14)17)23-24(18,19)20;/h6-7H,2-5H2,1H3,(H,18,19,20);/q;+1/p-1/t6-,7+;/m1./s1. The van der Waals surface area contributed by atoms with Crippen molar-refractivity contribution >= 4 is 22.4 Å². The number of carbonyl (C=O) groups is 2. The van der Waals surface area contributed by atoms with Crippen LogP contribution in [0.15, 0.2) is 4.52 Å². The number of urea groups is 1. The van der Waals surface area contributed by atoms with Gasteiger partial charge < -0.3 is 18.7 Å². The summed E-state index contributed by atoms with van der Waals surface area (Å²) in [6, 6.07) is -1.52. The van der Waals surface area contributed by atoms with Crippen molar-refractivity contribution in [2.24, 2.45) is 0 Å². The third-order valence-corrected chi connectivity index (χ3v) is 4.08. The molecule has 2 saturated heterocycles. The van der Waals surface area contributed by atoms with E-state index in [0.29, 0.717) is 18.0 Å². The Bertz CT molecular complexity index is 768. The molecule has 1 aromatic rings. The number of fused-ring (bicyclic) bond motifs is 2. The summed E-state index contributed by atoms with van der Waals surface area (Å²) in [6.45, 7) is 2.19. The zero-order chi connectivity index (χ0) is 17.5. The number of nitrogens with zero attached hydrogens (tertiary/aromatic N) is 4. The van der Waals surface area contributed by atoms with Crippen LogP contribution >= 0.6 is 0 Å². The van der Waals surface area contributed by atoms with E-state index < -0.39 is 34.4 Å². The van der Waals surface area contributed by atoms with Gasteiger partial charge in [-0.15, -0.1) is 0 Å². The molecule has 2 bridgehead atoms. The maximum atomic E-state index is 12.0. The molecule has 2 atom stereocenters. The van der Waals surface area contributed by atoms with Gasteiger partial charge in [0.1, 0.15) is 0 Å². The van der Waals surface area contributed by atoms with Gasteiger partial charge in [0.2, 0.25) is 10.4 Å². The van der Waals surface area contributed by atoms with Crippen LogP contribution in [-0.4, -0.2) is 70.8 Å². The van der Waals surface area contributed by atoms with E-state index in [1.54, 1.807) is 6.92 Å². The second kappa shape index (κ2) is 7.55. The van der Waals surface area contributed by atoms with Crippen LogP contribution in [-0.2, 0) is 19.4 Å². The number of hydrogen-bond donors (Lipinski definition) is 0. The number of piperidine rings is 1. The Morgan fingerprint density at radius 1 is 1.48 bits per heavy atom. The van der Waals surface area contributed by atoms with Crippen molar-refractivity contribution in [2.75, 3.05) is 19.7 Å². The molecule has 2 aliphatic rings. The first-order chi connectivity index (χ1) is 11.3. The summed E-state index contributed by atoms with van der Waals surface area (Å²) in [7, 11) is -5.11. The van der Waals surface area contributed by atoms with Gasteiger partial charge in [0.25, 0.3) is 0 Å². The van der Waals surface area contributed by atoms with Crippen LogP contribution in [0, 0.1) is 0 Å². The molecule has 2 aliphatic heterocycles. The minimum absolute atomic E-state index is 0. The number of esters is 1. The monoisotopic (exact) mass is 384 g/mol. The van der Waals surface area contributed by atoms with E-state index in [2.05, 4.69) is 14.4 Å². The van der Waals surface area contributed by atoms with Crippen molar-refractivity contribution in [2.45, 2.75) is 25.3 Å². The average Bonchev–Trinajstić information content (AvgIpc) is 3.08. The first kappa shape index (κ1) is 20.1. The van der Waals surface area contributed by atoms with E-state index in [4.69, 9.17) is 9.26 Å². The molecule has 0 radical (unpaired) electrons. The SMILES string of the molecule is CCOC(=O)c1nc([C@@H]2CCN3C[C@@H]2N(OS(=O)(=O)[O-])C3=O)no1.[Na+]. The van der Waals surface area contributed by atoms with Crippen LogP contribution in [0.3, 0.4) is 0 Å². The van der Waals surface area contributed by atoms with Gasteiger partial charge in [-0.1, -0.05) is 5.16 Å². The molecule has 2 amide bonds. The van der Waals surface area contributed by atoms with E-state index in [0.717, 1.165) is 0 Å². The van der Waals surface area contributed by atoms with Crippen molar-refractivity contribution in [1.82, 2.24) is 20.1 Å². The summed E-state index contributed by atoms with van der Waals surface area (Å²) in [5.74, 6) is -1.58. The third-order valence-electron chi connectivity index (χ3n) is 3.74. The Morgan fingerprint density at radius 2 is 2.20 bits per heavy atom. The second-order valence-corrected chi connectivity index (χ2v) is 6.14. The summed E-state index contributed by atoms with van der Waals surface area (Å²) in [4.78, 5) is 28.9. The zero-order valence-electron chi connectivity index (χ0n) is 13.4. The number of amides is 2. The van der Waals surface area contributed by atoms with E-state index in [9.17, 15) is 22.6 Å². The minimum atomic E-state index is -5.11. The summed E-state index contributed by atoms with van der Waals surface area (Å²) < 4.78 is 46.3. The largest absolute Gasteiger partial charge is 1.00 e. The molecule has 25 heavy (non-hydrogen) atoms. The summed E-state index contributed by atoms with van der Waals surface area (Å²) in [5, 5.41) is 4.20. The van der Waals surface area contributed by atoms with Crippen LogP contribution in [0.25, 0.3) is 0 Å². The van der Waals surface area contributed by atoms with Crippen LogP contribution < -0.4 is 29.6 Å². The zero-order valence-corrected chi connectivity index (χ0v) is 16.3. The number of hydroxylamine groups is 2. The predicted molar refractivity (Wildman–Crippen MR) is 71.0 cm³/mol. The Hall–Kier alpha value is -1.25. The van der Waals surface area contributed by atoms with Gasteiger partial charge in [-0.05, 0) is 13.3 Å². The van der Waals surface area contributed by atoms with Gasteiger partial charge in [-0.25, -0.2) is 18.0 Å². The molecule has 0 spiro atoms. The van der Waals surface area contributed by atoms with Crippen LogP contribution in [0.1, 0.15) is 35.8 Å². The fourth-order valence-electron chi connectivity index (χ4n) is 2.77. The van der Waals surface area contributed by atoms with Crippen molar-refractivity contribution in [3.63, 3.8) is 0 Å². The van der Waals surface area contributed by atoms with Gasteiger partial charge in [0.05, 0.1) is 12.6 Å². The molecular formula is C11H13N4NaO8S. The van der Waals surface area contributed by atoms with Gasteiger partial charge in [0.15, 0.2) is 5.82 Å². The molecule has 0 aromatic carbocycles. The molecule has 1 aromatic heterocycles.